The van der Waals surface area contributed by atoms with E-state index in [2.05, 4.69) is 21.2 Å². The summed E-state index contributed by atoms with van der Waals surface area (Å²) in [5.74, 6) is 1.24. The van der Waals surface area contributed by atoms with Crippen molar-refractivity contribution < 1.29 is 19.1 Å². The molecule has 1 aromatic carbocycles. The number of hydrogen-bond acceptors (Lipinski definition) is 4. The van der Waals surface area contributed by atoms with E-state index in [9.17, 15) is 9.59 Å². The first-order valence-electron chi connectivity index (χ1n) is 9.61. The second-order valence-corrected chi connectivity index (χ2v) is 10.4. The molecule has 4 bridgehead atoms. The van der Waals surface area contributed by atoms with E-state index >= 15 is 0 Å². The van der Waals surface area contributed by atoms with E-state index in [4.69, 9.17) is 9.47 Å². The minimum atomic E-state index is -0.408. The van der Waals surface area contributed by atoms with Crippen molar-refractivity contribution in [3.05, 3.63) is 23.8 Å². The molecule has 5 nitrogen and oxygen atoms in total. The molecule has 4 aliphatic carbocycles. The van der Waals surface area contributed by atoms with Crippen LogP contribution < -0.4 is 10.1 Å². The number of nitrogens with one attached hydrogen (secondary N) is 1. The number of benzene rings is 1. The van der Waals surface area contributed by atoms with Gasteiger partial charge in [-0.2, -0.15) is 0 Å². The van der Waals surface area contributed by atoms with Crippen LogP contribution in [0, 0.1) is 24.2 Å². The van der Waals surface area contributed by atoms with Crippen LogP contribution in [0.1, 0.15) is 44.1 Å². The molecule has 0 heterocycles. The molecule has 0 spiro atoms. The van der Waals surface area contributed by atoms with Gasteiger partial charge in [0.05, 0.1) is 18.2 Å². The first-order valence-corrected chi connectivity index (χ1v) is 10.4. The first kappa shape index (κ1) is 18.8. The van der Waals surface area contributed by atoms with Crippen molar-refractivity contribution in [2.24, 2.45) is 17.3 Å². The Morgan fingerprint density at radius 1 is 1.22 bits per heavy atom. The average Bonchev–Trinajstić information content (AvgIpc) is 2.57. The standard InChI is InChI=1S/C21H26BrNO4/c1-13-3-4-17(26-2)16(5-13)23-18(24)11-27-19(25)20-7-14-6-15(8-20)10-21(22,9-14)12-20/h3-5,14-15H,6-12H2,1-2H3,(H,23,24). The average molecular weight is 436 g/mol. The molecule has 1 amide bonds. The number of amides is 1. The van der Waals surface area contributed by atoms with Gasteiger partial charge in [0.1, 0.15) is 5.75 Å². The summed E-state index contributed by atoms with van der Waals surface area (Å²) in [5, 5.41) is 2.79. The molecular weight excluding hydrogens is 410 g/mol. The number of halogens is 1. The number of esters is 1. The molecule has 0 saturated heterocycles. The molecule has 0 aliphatic heterocycles. The summed E-state index contributed by atoms with van der Waals surface area (Å²) in [4.78, 5) is 25.3. The Labute approximate surface area is 168 Å². The fourth-order valence-corrected chi connectivity index (χ4v) is 7.23. The number of methoxy groups -OCH3 is 1. The maximum absolute atomic E-state index is 12.9. The van der Waals surface area contributed by atoms with Gasteiger partial charge in [-0.1, -0.05) is 22.0 Å². The predicted molar refractivity (Wildman–Crippen MR) is 106 cm³/mol. The summed E-state index contributed by atoms with van der Waals surface area (Å²) in [7, 11) is 1.56. The third-order valence-corrected chi connectivity index (χ3v) is 7.31. The van der Waals surface area contributed by atoms with Gasteiger partial charge in [0, 0.05) is 4.32 Å². The van der Waals surface area contributed by atoms with Crippen LogP contribution in [0.15, 0.2) is 18.2 Å². The van der Waals surface area contributed by atoms with E-state index in [1.54, 1.807) is 7.11 Å². The second-order valence-electron chi connectivity index (χ2n) is 8.72. The van der Waals surface area contributed by atoms with E-state index in [0.29, 0.717) is 23.3 Å². The molecule has 146 valence electrons. The molecule has 4 fully saturated rings. The highest BCUT2D eigenvalue weighted by Crippen LogP contribution is 2.64. The molecule has 27 heavy (non-hydrogen) atoms. The predicted octanol–water partition coefficient (Wildman–Crippen LogP) is 4.22. The van der Waals surface area contributed by atoms with Crippen molar-refractivity contribution >= 4 is 33.5 Å². The van der Waals surface area contributed by atoms with Gasteiger partial charge < -0.3 is 14.8 Å². The van der Waals surface area contributed by atoms with Crippen LogP contribution in [-0.2, 0) is 14.3 Å². The number of aryl methyl sites for hydroxylation is 1. The molecule has 4 saturated carbocycles. The zero-order valence-electron chi connectivity index (χ0n) is 15.8. The van der Waals surface area contributed by atoms with Crippen molar-refractivity contribution in [1.82, 2.24) is 0 Å². The molecule has 1 N–H and O–H groups in total. The summed E-state index contributed by atoms with van der Waals surface area (Å²) in [6, 6.07) is 5.56. The van der Waals surface area contributed by atoms with Gasteiger partial charge in [-0.05, 0) is 75.0 Å². The van der Waals surface area contributed by atoms with Crippen molar-refractivity contribution in [2.45, 2.75) is 49.8 Å². The lowest BCUT2D eigenvalue weighted by molar-refractivity contribution is -0.170. The monoisotopic (exact) mass is 435 g/mol. The highest BCUT2D eigenvalue weighted by molar-refractivity contribution is 9.10. The molecule has 0 radical (unpaired) electrons. The Hall–Kier alpha value is -1.56. The van der Waals surface area contributed by atoms with Crippen LogP contribution in [0.2, 0.25) is 0 Å². The van der Waals surface area contributed by atoms with Crippen molar-refractivity contribution in [1.29, 1.82) is 0 Å². The number of carbonyl (C=O) groups excluding carboxylic acids is 2. The Morgan fingerprint density at radius 2 is 1.93 bits per heavy atom. The van der Waals surface area contributed by atoms with Gasteiger partial charge in [-0.15, -0.1) is 0 Å². The number of alkyl halides is 1. The molecular formula is C21H26BrNO4. The van der Waals surface area contributed by atoms with E-state index in [1.165, 1.54) is 6.42 Å². The lowest BCUT2D eigenvalue weighted by Crippen LogP contribution is -2.56. The maximum Gasteiger partial charge on any atom is 0.312 e. The normalized spacial score (nSPS) is 33.6. The van der Waals surface area contributed by atoms with Crippen LogP contribution in [0.4, 0.5) is 5.69 Å². The van der Waals surface area contributed by atoms with Crippen molar-refractivity contribution in [3.63, 3.8) is 0 Å². The van der Waals surface area contributed by atoms with E-state index in [-0.39, 0.29) is 22.8 Å². The number of carbonyl (C=O) groups is 2. The lowest BCUT2D eigenvalue weighted by atomic mass is 9.49. The number of ether oxygens (including phenoxy) is 2. The molecule has 2 atom stereocenters. The third-order valence-electron chi connectivity index (χ3n) is 6.39. The van der Waals surface area contributed by atoms with Gasteiger partial charge >= 0.3 is 5.97 Å². The Balaban J connectivity index is 1.38. The van der Waals surface area contributed by atoms with Crippen LogP contribution in [-0.4, -0.2) is 29.9 Å². The molecule has 2 unspecified atom stereocenters. The van der Waals surface area contributed by atoms with Crippen molar-refractivity contribution in [2.75, 3.05) is 19.0 Å². The number of rotatable bonds is 5. The van der Waals surface area contributed by atoms with Gasteiger partial charge in [0.25, 0.3) is 5.91 Å². The number of hydrogen-bond donors (Lipinski definition) is 1. The minimum absolute atomic E-state index is 0.0906. The second kappa shape index (κ2) is 6.80. The quantitative estimate of drug-likeness (QED) is 0.555. The van der Waals surface area contributed by atoms with Crippen molar-refractivity contribution in [3.8, 4) is 5.75 Å². The highest BCUT2D eigenvalue weighted by Gasteiger charge is 2.60. The van der Waals surface area contributed by atoms with Crippen LogP contribution in [0.3, 0.4) is 0 Å². The summed E-state index contributed by atoms with van der Waals surface area (Å²) in [5.41, 5.74) is 1.20. The number of anilines is 1. The summed E-state index contributed by atoms with van der Waals surface area (Å²) >= 11 is 3.91. The van der Waals surface area contributed by atoms with Gasteiger partial charge in [0.2, 0.25) is 0 Å². The van der Waals surface area contributed by atoms with Gasteiger partial charge in [-0.3, -0.25) is 9.59 Å². The summed E-state index contributed by atoms with van der Waals surface area (Å²) in [6.07, 6.45) is 6.19. The Bertz CT molecular complexity index is 763. The Kier molecular flexibility index (Phi) is 4.73. The van der Waals surface area contributed by atoms with E-state index < -0.39 is 5.41 Å². The maximum atomic E-state index is 12.9. The summed E-state index contributed by atoms with van der Waals surface area (Å²) in [6.45, 7) is 1.68. The van der Waals surface area contributed by atoms with Gasteiger partial charge in [0.15, 0.2) is 6.61 Å². The zero-order valence-corrected chi connectivity index (χ0v) is 17.4. The zero-order chi connectivity index (χ0) is 19.2. The summed E-state index contributed by atoms with van der Waals surface area (Å²) < 4.78 is 10.9. The first-order chi connectivity index (χ1) is 12.8. The Morgan fingerprint density at radius 3 is 2.56 bits per heavy atom. The SMILES string of the molecule is COc1ccc(C)cc1NC(=O)COC(=O)C12CC3CC(CC(Br)(C3)C1)C2. The molecule has 5 rings (SSSR count). The smallest absolute Gasteiger partial charge is 0.312 e. The van der Waals surface area contributed by atoms with E-state index in [0.717, 1.165) is 37.7 Å². The fourth-order valence-electron chi connectivity index (χ4n) is 5.78. The third kappa shape index (κ3) is 3.60. The molecule has 0 aromatic heterocycles. The lowest BCUT2D eigenvalue weighted by Gasteiger charge is -2.58. The van der Waals surface area contributed by atoms with Crippen LogP contribution in [0.25, 0.3) is 0 Å². The van der Waals surface area contributed by atoms with E-state index in [1.807, 2.05) is 25.1 Å². The highest BCUT2D eigenvalue weighted by atomic mass is 79.9. The topological polar surface area (TPSA) is 64.6 Å². The minimum Gasteiger partial charge on any atom is -0.495 e. The molecule has 6 heteroatoms. The van der Waals surface area contributed by atoms with Crippen LogP contribution >= 0.6 is 15.9 Å². The fraction of sp³-hybridized carbons (Fsp3) is 0.619. The van der Waals surface area contributed by atoms with Crippen LogP contribution in [0.5, 0.6) is 5.75 Å². The molecule has 1 aromatic rings. The molecule has 4 aliphatic rings. The largest absolute Gasteiger partial charge is 0.495 e. The van der Waals surface area contributed by atoms with Gasteiger partial charge in [-0.25, -0.2) is 0 Å².